The van der Waals surface area contributed by atoms with E-state index in [9.17, 15) is 4.79 Å². The van der Waals surface area contributed by atoms with Gasteiger partial charge in [0.05, 0.1) is 18.9 Å². The zero-order valence-electron chi connectivity index (χ0n) is 14.4. The molecule has 1 saturated heterocycles. The molecule has 7 heteroatoms. The Balaban J connectivity index is 1.67. The van der Waals surface area contributed by atoms with Gasteiger partial charge in [-0.05, 0) is 43.5 Å². The number of ether oxygens (including phenoxy) is 2. The number of rotatable bonds is 6. The number of anilines is 2. The predicted octanol–water partition coefficient (Wildman–Crippen LogP) is 2.64. The van der Waals surface area contributed by atoms with Crippen molar-refractivity contribution in [2.24, 2.45) is 0 Å². The van der Waals surface area contributed by atoms with Crippen LogP contribution in [0.25, 0.3) is 0 Å². The Morgan fingerprint density at radius 3 is 3.04 bits per heavy atom. The van der Waals surface area contributed by atoms with E-state index < -0.39 is 0 Å². The van der Waals surface area contributed by atoms with Crippen LogP contribution in [0, 0.1) is 6.92 Å². The average molecular weight is 342 g/mol. The first-order valence-corrected chi connectivity index (χ1v) is 8.30. The van der Waals surface area contributed by atoms with Crippen LogP contribution in [0.15, 0.2) is 30.5 Å². The number of nitrogens with zero attached hydrogens (tertiary/aromatic N) is 2. The van der Waals surface area contributed by atoms with Crippen molar-refractivity contribution >= 4 is 17.5 Å². The number of hydrogen-bond acceptors (Lipinski definition) is 6. The lowest BCUT2D eigenvalue weighted by atomic mass is 10.2. The van der Waals surface area contributed by atoms with Crippen molar-refractivity contribution in [1.82, 2.24) is 9.97 Å². The fourth-order valence-electron chi connectivity index (χ4n) is 2.69. The molecule has 3 rings (SSSR count). The number of benzene rings is 1. The van der Waals surface area contributed by atoms with Gasteiger partial charge in [0, 0.05) is 19.3 Å². The Hall–Kier alpha value is -2.67. The van der Waals surface area contributed by atoms with Crippen molar-refractivity contribution in [3.63, 3.8) is 0 Å². The molecule has 2 N–H and O–H groups in total. The van der Waals surface area contributed by atoms with Crippen LogP contribution in [-0.2, 0) is 4.74 Å². The second-order valence-electron chi connectivity index (χ2n) is 5.94. The molecule has 0 spiro atoms. The van der Waals surface area contributed by atoms with Crippen LogP contribution < -0.4 is 15.4 Å². The second kappa shape index (κ2) is 7.94. The number of methoxy groups -OCH3 is 1. The van der Waals surface area contributed by atoms with Gasteiger partial charge in [-0.1, -0.05) is 6.07 Å². The minimum Gasteiger partial charge on any atom is -0.495 e. The molecule has 1 aliphatic heterocycles. The Labute approximate surface area is 146 Å². The molecule has 132 valence electrons. The molecular formula is C18H22N4O3. The van der Waals surface area contributed by atoms with Gasteiger partial charge >= 0.3 is 0 Å². The van der Waals surface area contributed by atoms with Crippen LogP contribution in [0.3, 0.4) is 0 Å². The van der Waals surface area contributed by atoms with Crippen LogP contribution in [0.2, 0.25) is 0 Å². The molecule has 1 fully saturated rings. The highest BCUT2D eigenvalue weighted by Gasteiger charge is 2.16. The maximum absolute atomic E-state index is 12.5. The Bertz CT molecular complexity index is 745. The van der Waals surface area contributed by atoms with Crippen molar-refractivity contribution in [1.29, 1.82) is 0 Å². The van der Waals surface area contributed by atoms with Gasteiger partial charge in [-0.25, -0.2) is 9.97 Å². The Morgan fingerprint density at radius 2 is 2.28 bits per heavy atom. The molecule has 25 heavy (non-hydrogen) atoms. The number of aryl methyl sites for hydroxylation is 1. The molecule has 1 aromatic carbocycles. The first-order chi connectivity index (χ1) is 12.2. The minimum atomic E-state index is -0.313. The standard InChI is InChI=1S/C18H22N4O3/c1-12-5-6-16(24-2)15(10-12)21-17(23)14-7-8-19-18(22-14)20-11-13-4-3-9-25-13/h5-8,10,13H,3-4,9,11H2,1-2H3,(H,21,23)(H,19,20,22). The highest BCUT2D eigenvalue weighted by Crippen LogP contribution is 2.25. The third kappa shape index (κ3) is 4.45. The number of carbonyl (C=O) groups excluding carboxylic acids is 1. The third-order valence-corrected chi connectivity index (χ3v) is 4.00. The summed E-state index contributed by atoms with van der Waals surface area (Å²) in [6.45, 7) is 3.39. The van der Waals surface area contributed by atoms with E-state index in [1.165, 1.54) is 0 Å². The monoisotopic (exact) mass is 342 g/mol. The normalized spacial score (nSPS) is 16.5. The van der Waals surface area contributed by atoms with Crippen molar-refractivity contribution < 1.29 is 14.3 Å². The fraction of sp³-hybridized carbons (Fsp3) is 0.389. The molecule has 1 unspecified atom stereocenters. The van der Waals surface area contributed by atoms with Crippen LogP contribution in [-0.4, -0.2) is 42.2 Å². The van der Waals surface area contributed by atoms with E-state index in [1.54, 1.807) is 19.4 Å². The molecule has 0 aliphatic carbocycles. The number of carbonyl (C=O) groups is 1. The van der Waals surface area contributed by atoms with Crippen LogP contribution in [0.4, 0.5) is 11.6 Å². The third-order valence-electron chi connectivity index (χ3n) is 4.00. The van der Waals surface area contributed by atoms with E-state index in [0.717, 1.165) is 25.0 Å². The van der Waals surface area contributed by atoms with E-state index in [4.69, 9.17) is 9.47 Å². The summed E-state index contributed by atoms with van der Waals surface area (Å²) in [5.41, 5.74) is 1.92. The lowest BCUT2D eigenvalue weighted by molar-refractivity contribution is 0.102. The molecule has 1 aliphatic rings. The molecular weight excluding hydrogens is 320 g/mol. The first-order valence-electron chi connectivity index (χ1n) is 8.30. The predicted molar refractivity (Wildman–Crippen MR) is 95.2 cm³/mol. The molecule has 1 aromatic heterocycles. The van der Waals surface area contributed by atoms with E-state index >= 15 is 0 Å². The number of nitrogens with one attached hydrogen (secondary N) is 2. The molecule has 1 amide bonds. The number of aromatic nitrogens is 2. The fourth-order valence-corrected chi connectivity index (χ4v) is 2.69. The maximum Gasteiger partial charge on any atom is 0.274 e. The van der Waals surface area contributed by atoms with Gasteiger partial charge in [0.15, 0.2) is 0 Å². The SMILES string of the molecule is COc1ccc(C)cc1NC(=O)c1ccnc(NCC2CCCO2)n1. The van der Waals surface area contributed by atoms with Crippen molar-refractivity contribution in [3.05, 3.63) is 41.7 Å². The van der Waals surface area contributed by atoms with E-state index in [-0.39, 0.29) is 17.7 Å². The number of amides is 1. The van der Waals surface area contributed by atoms with Crippen molar-refractivity contribution in [2.45, 2.75) is 25.9 Å². The zero-order valence-corrected chi connectivity index (χ0v) is 14.4. The van der Waals surface area contributed by atoms with E-state index in [0.29, 0.717) is 23.9 Å². The van der Waals surface area contributed by atoms with Gasteiger partial charge in [0.2, 0.25) is 5.95 Å². The summed E-state index contributed by atoms with van der Waals surface area (Å²) in [4.78, 5) is 20.9. The van der Waals surface area contributed by atoms with E-state index in [1.807, 2.05) is 25.1 Å². The first kappa shape index (κ1) is 17.2. The summed E-state index contributed by atoms with van der Waals surface area (Å²) < 4.78 is 10.8. The lowest BCUT2D eigenvalue weighted by Crippen LogP contribution is -2.21. The van der Waals surface area contributed by atoms with Gasteiger partial charge in [0.1, 0.15) is 11.4 Å². The maximum atomic E-state index is 12.5. The quantitative estimate of drug-likeness (QED) is 0.839. The summed E-state index contributed by atoms with van der Waals surface area (Å²) in [6, 6.07) is 7.18. The Morgan fingerprint density at radius 1 is 1.40 bits per heavy atom. The van der Waals surface area contributed by atoms with Crippen molar-refractivity contribution in [3.8, 4) is 5.75 Å². The molecule has 0 bridgehead atoms. The molecule has 2 heterocycles. The molecule has 1 atom stereocenters. The van der Waals surface area contributed by atoms with Gasteiger partial charge in [-0.15, -0.1) is 0 Å². The van der Waals surface area contributed by atoms with Crippen LogP contribution >= 0.6 is 0 Å². The van der Waals surface area contributed by atoms with Crippen LogP contribution in [0.5, 0.6) is 5.75 Å². The summed E-state index contributed by atoms with van der Waals surface area (Å²) >= 11 is 0. The summed E-state index contributed by atoms with van der Waals surface area (Å²) in [7, 11) is 1.57. The average Bonchev–Trinajstić information content (AvgIpc) is 3.14. The largest absolute Gasteiger partial charge is 0.495 e. The Kier molecular flexibility index (Phi) is 5.45. The summed E-state index contributed by atoms with van der Waals surface area (Å²) in [5.74, 6) is 0.704. The highest BCUT2D eigenvalue weighted by atomic mass is 16.5. The van der Waals surface area contributed by atoms with Crippen molar-refractivity contribution in [2.75, 3.05) is 30.9 Å². The van der Waals surface area contributed by atoms with Gasteiger partial charge in [-0.3, -0.25) is 4.79 Å². The summed E-state index contributed by atoms with van der Waals surface area (Å²) in [6.07, 6.45) is 3.85. The van der Waals surface area contributed by atoms with Gasteiger partial charge in [-0.2, -0.15) is 0 Å². The molecule has 2 aromatic rings. The van der Waals surface area contributed by atoms with Crippen LogP contribution in [0.1, 0.15) is 28.9 Å². The second-order valence-corrected chi connectivity index (χ2v) is 5.94. The number of hydrogen-bond donors (Lipinski definition) is 2. The molecule has 7 nitrogen and oxygen atoms in total. The topological polar surface area (TPSA) is 85.4 Å². The van der Waals surface area contributed by atoms with Gasteiger partial charge < -0.3 is 20.1 Å². The highest BCUT2D eigenvalue weighted by molar-refractivity contribution is 6.03. The lowest BCUT2D eigenvalue weighted by Gasteiger charge is -2.12. The van der Waals surface area contributed by atoms with E-state index in [2.05, 4.69) is 20.6 Å². The molecule has 0 saturated carbocycles. The van der Waals surface area contributed by atoms with Gasteiger partial charge in [0.25, 0.3) is 5.91 Å². The summed E-state index contributed by atoms with van der Waals surface area (Å²) in [5, 5.41) is 5.96. The zero-order chi connectivity index (χ0) is 17.6. The smallest absolute Gasteiger partial charge is 0.274 e. The molecule has 0 radical (unpaired) electrons. The minimum absolute atomic E-state index is 0.178.